The van der Waals surface area contributed by atoms with E-state index < -0.39 is 10.0 Å². The summed E-state index contributed by atoms with van der Waals surface area (Å²) < 4.78 is 27.6. The SMILES string of the molecule is Cc1ccc(N(CCC(=O)NC(C)C)S(=O)(=O)c2ccc(C)cc2)cc1. The van der Waals surface area contributed by atoms with E-state index in [2.05, 4.69) is 5.32 Å². The van der Waals surface area contributed by atoms with E-state index in [0.717, 1.165) is 11.1 Å². The van der Waals surface area contributed by atoms with Crippen LogP contribution >= 0.6 is 0 Å². The maximum absolute atomic E-state index is 13.2. The lowest BCUT2D eigenvalue weighted by atomic mass is 10.2. The molecule has 2 rings (SSSR count). The van der Waals surface area contributed by atoms with Gasteiger partial charge in [0.25, 0.3) is 10.0 Å². The van der Waals surface area contributed by atoms with E-state index in [1.54, 1.807) is 36.4 Å². The molecule has 0 saturated heterocycles. The van der Waals surface area contributed by atoms with E-state index in [1.165, 1.54) is 4.31 Å². The Morgan fingerprint density at radius 2 is 1.46 bits per heavy atom. The van der Waals surface area contributed by atoms with Gasteiger partial charge in [0.15, 0.2) is 0 Å². The van der Waals surface area contributed by atoms with Crippen molar-refractivity contribution in [3.63, 3.8) is 0 Å². The summed E-state index contributed by atoms with van der Waals surface area (Å²) in [5.41, 5.74) is 2.58. The molecular formula is C20H26N2O3S. The van der Waals surface area contributed by atoms with E-state index in [4.69, 9.17) is 0 Å². The fourth-order valence-corrected chi connectivity index (χ4v) is 4.00. The fourth-order valence-electron chi connectivity index (χ4n) is 2.53. The number of nitrogens with one attached hydrogen (secondary N) is 1. The molecule has 0 fully saturated rings. The van der Waals surface area contributed by atoms with Gasteiger partial charge in [0.1, 0.15) is 0 Å². The predicted octanol–water partition coefficient (Wildman–Crippen LogP) is 3.41. The van der Waals surface area contributed by atoms with Gasteiger partial charge in [0.05, 0.1) is 10.6 Å². The Morgan fingerprint density at radius 3 is 1.96 bits per heavy atom. The Morgan fingerprint density at radius 1 is 0.962 bits per heavy atom. The average Bonchev–Trinajstić information content (AvgIpc) is 2.56. The van der Waals surface area contributed by atoms with Crippen molar-refractivity contribution in [1.29, 1.82) is 0 Å². The quantitative estimate of drug-likeness (QED) is 0.808. The van der Waals surface area contributed by atoms with Gasteiger partial charge in [-0.25, -0.2) is 8.42 Å². The van der Waals surface area contributed by atoms with Crippen LogP contribution in [0.5, 0.6) is 0 Å². The fraction of sp³-hybridized carbons (Fsp3) is 0.350. The molecule has 26 heavy (non-hydrogen) atoms. The van der Waals surface area contributed by atoms with Crippen LogP contribution in [0.15, 0.2) is 53.4 Å². The molecule has 6 heteroatoms. The van der Waals surface area contributed by atoms with Gasteiger partial charge in [0, 0.05) is 19.0 Å². The van der Waals surface area contributed by atoms with Crippen LogP contribution < -0.4 is 9.62 Å². The number of carbonyl (C=O) groups excluding carboxylic acids is 1. The third-order valence-corrected chi connectivity index (χ3v) is 5.76. The summed E-state index contributed by atoms with van der Waals surface area (Å²) >= 11 is 0. The molecule has 0 unspecified atom stereocenters. The topological polar surface area (TPSA) is 66.5 Å². The second-order valence-electron chi connectivity index (χ2n) is 6.70. The normalized spacial score (nSPS) is 11.4. The second-order valence-corrected chi connectivity index (χ2v) is 8.56. The summed E-state index contributed by atoms with van der Waals surface area (Å²) in [5, 5.41) is 2.80. The van der Waals surface area contributed by atoms with Gasteiger partial charge in [0.2, 0.25) is 5.91 Å². The highest BCUT2D eigenvalue weighted by Crippen LogP contribution is 2.24. The van der Waals surface area contributed by atoms with Gasteiger partial charge < -0.3 is 5.32 Å². The number of nitrogens with zero attached hydrogens (tertiary/aromatic N) is 1. The molecule has 0 heterocycles. The summed E-state index contributed by atoms with van der Waals surface area (Å²) in [6, 6.07) is 14.0. The number of hydrogen-bond donors (Lipinski definition) is 1. The Labute approximate surface area is 156 Å². The molecule has 0 radical (unpaired) electrons. The van der Waals surface area contributed by atoms with E-state index in [1.807, 2.05) is 39.8 Å². The van der Waals surface area contributed by atoms with Gasteiger partial charge in [-0.1, -0.05) is 35.4 Å². The first kappa shape index (κ1) is 20.0. The van der Waals surface area contributed by atoms with Crippen LogP contribution in [0.3, 0.4) is 0 Å². The molecule has 140 valence electrons. The summed E-state index contributed by atoms with van der Waals surface area (Å²) in [6.07, 6.45) is 0.0944. The average molecular weight is 375 g/mol. The smallest absolute Gasteiger partial charge is 0.264 e. The number of anilines is 1. The van der Waals surface area contributed by atoms with E-state index in [-0.39, 0.29) is 29.8 Å². The molecule has 0 aliphatic carbocycles. The molecule has 0 aliphatic heterocycles. The molecule has 5 nitrogen and oxygen atoms in total. The molecular weight excluding hydrogens is 348 g/mol. The minimum Gasteiger partial charge on any atom is -0.354 e. The summed E-state index contributed by atoms with van der Waals surface area (Å²) in [6.45, 7) is 7.68. The van der Waals surface area contributed by atoms with Crippen molar-refractivity contribution < 1.29 is 13.2 Å². The maximum atomic E-state index is 13.2. The molecule has 0 aromatic heterocycles. The van der Waals surface area contributed by atoms with Gasteiger partial charge in [-0.2, -0.15) is 0 Å². The number of rotatable bonds is 7. The molecule has 1 amide bonds. The predicted molar refractivity (Wildman–Crippen MR) is 105 cm³/mol. The van der Waals surface area contributed by atoms with Gasteiger partial charge >= 0.3 is 0 Å². The van der Waals surface area contributed by atoms with Crippen LogP contribution in [0.25, 0.3) is 0 Å². The largest absolute Gasteiger partial charge is 0.354 e. The summed E-state index contributed by atoms with van der Waals surface area (Å²) in [5.74, 6) is -0.170. The molecule has 0 saturated carbocycles. The van der Waals surface area contributed by atoms with Gasteiger partial charge in [-0.05, 0) is 52.0 Å². The van der Waals surface area contributed by atoms with Crippen LogP contribution in [-0.4, -0.2) is 26.9 Å². The van der Waals surface area contributed by atoms with Crippen LogP contribution in [0.1, 0.15) is 31.4 Å². The summed E-state index contributed by atoms with van der Waals surface area (Å²) in [4.78, 5) is 12.2. The standard InChI is InChI=1S/C20H26N2O3S/c1-15(2)21-20(23)13-14-22(18-9-5-16(3)6-10-18)26(24,25)19-11-7-17(4)8-12-19/h5-12,15H,13-14H2,1-4H3,(H,21,23). The van der Waals surface area contributed by atoms with Crippen LogP contribution in [0, 0.1) is 13.8 Å². The molecule has 1 N–H and O–H groups in total. The number of aryl methyl sites for hydroxylation is 2. The van der Waals surface area contributed by atoms with Crippen LogP contribution in [-0.2, 0) is 14.8 Å². The highest BCUT2D eigenvalue weighted by molar-refractivity contribution is 7.92. The van der Waals surface area contributed by atoms with Crippen molar-refractivity contribution in [2.45, 2.75) is 45.1 Å². The number of amides is 1. The minimum atomic E-state index is -3.75. The lowest BCUT2D eigenvalue weighted by molar-refractivity contribution is -0.121. The van der Waals surface area contributed by atoms with E-state index in [0.29, 0.717) is 5.69 Å². The Balaban J connectivity index is 2.34. The summed E-state index contributed by atoms with van der Waals surface area (Å²) in [7, 11) is -3.75. The third-order valence-electron chi connectivity index (χ3n) is 3.92. The first-order valence-corrected chi connectivity index (χ1v) is 10.1. The van der Waals surface area contributed by atoms with Crippen molar-refractivity contribution in [3.05, 3.63) is 59.7 Å². The molecule has 0 spiro atoms. The van der Waals surface area contributed by atoms with Crippen LogP contribution in [0.2, 0.25) is 0 Å². The van der Waals surface area contributed by atoms with Crippen LogP contribution in [0.4, 0.5) is 5.69 Å². The molecule has 0 bridgehead atoms. The first-order valence-electron chi connectivity index (χ1n) is 8.65. The van der Waals surface area contributed by atoms with Crippen molar-refractivity contribution in [2.24, 2.45) is 0 Å². The molecule has 2 aromatic rings. The van der Waals surface area contributed by atoms with E-state index in [9.17, 15) is 13.2 Å². The van der Waals surface area contributed by atoms with Crippen molar-refractivity contribution in [1.82, 2.24) is 5.32 Å². The minimum absolute atomic E-state index is 0.0176. The van der Waals surface area contributed by atoms with Gasteiger partial charge in [-0.3, -0.25) is 9.10 Å². The zero-order chi connectivity index (χ0) is 19.3. The number of benzene rings is 2. The van der Waals surface area contributed by atoms with Crippen molar-refractivity contribution >= 4 is 21.6 Å². The second kappa shape index (κ2) is 8.36. The third kappa shape index (κ3) is 5.08. The molecule has 2 aromatic carbocycles. The lowest BCUT2D eigenvalue weighted by Gasteiger charge is -2.25. The first-order chi connectivity index (χ1) is 12.2. The number of hydrogen-bond acceptors (Lipinski definition) is 3. The molecule has 0 aliphatic rings. The Kier molecular flexibility index (Phi) is 6.42. The monoisotopic (exact) mass is 374 g/mol. The zero-order valence-corrected chi connectivity index (χ0v) is 16.5. The van der Waals surface area contributed by atoms with Crippen molar-refractivity contribution in [3.8, 4) is 0 Å². The lowest BCUT2D eigenvalue weighted by Crippen LogP contribution is -2.37. The van der Waals surface area contributed by atoms with E-state index >= 15 is 0 Å². The van der Waals surface area contributed by atoms with Gasteiger partial charge in [-0.15, -0.1) is 0 Å². The highest BCUT2D eigenvalue weighted by atomic mass is 32.2. The number of sulfonamides is 1. The number of carbonyl (C=O) groups is 1. The highest BCUT2D eigenvalue weighted by Gasteiger charge is 2.25. The Bertz CT molecular complexity index is 842. The molecule has 0 atom stereocenters. The Hall–Kier alpha value is -2.34. The van der Waals surface area contributed by atoms with Crippen molar-refractivity contribution in [2.75, 3.05) is 10.8 Å². The zero-order valence-electron chi connectivity index (χ0n) is 15.7. The maximum Gasteiger partial charge on any atom is 0.264 e.